The first kappa shape index (κ1) is 19.3. The normalized spacial score (nSPS) is 21.0. The number of carbonyl (C=O) groups is 3. The molecule has 0 aromatic carbocycles. The van der Waals surface area contributed by atoms with Crippen molar-refractivity contribution in [2.45, 2.75) is 58.5 Å². The van der Waals surface area contributed by atoms with E-state index in [0.717, 1.165) is 4.90 Å². The van der Waals surface area contributed by atoms with Gasteiger partial charge in [-0.15, -0.1) is 0 Å². The Kier molecular flexibility index (Phi) is 7.25. The van der Waals surface area contributed by atoms with Crippen LogP contribution in [0.15, 0.2) is 0 Å². The highest BCUT2D eigenvalue weighted by molar-refractivity contribution is 5.91. The fraction of sp³-hybridized carbons (Fsp3) is 0.769. The first-order chi connectivity index (χ1) is 9.55. The molecule has 0 aromatic heterocycles. The van der Waals surface area contributed by atoms with Crippen molar-refractivity contribution in [3.8, 4) is 0 Å². The molecule has 21 heavy (non-hydrogen) atoms. The van der Waals surface area contributed by atoms with E-state index in [4.69, 9.17) is 5.73 Å². The Morgan fingerprint density at radius 2 is 1.86 bits per heavy atom. The molecule has 1 saturated heterocycles. The van der Waals surface area contributed by atoms with E-state index >= 15 is 0 Å². The quantitative estimate of drug-likeness (QED) is 0.801. The van der Waals surface area contributed by atoms with Gasteiger partial charge in [0.25, 0.3) is 5.92 Å². The second kappa shape index (κ2) is 7.90. The summed E-state index contributed by atoms with van der Waals surface area (Å²) in [5.74, 6) is -5.31. The number of nitrogens with two attached hydrogens (primary N) is 1. The molecule has 0 aliphatic carbocycles. The van der Waals surface area contributed by atoms with Crippen LogP contribution < -0.4 is 11.1 Å². The molecule has 1 aliphatic rings. The Morgan fingerprint density at radius 3 is 2.24 bits per heavy atom. The molecule has 0 unspecified atom stereocenters. The van der Waals surface area contributed by atoms with Gasteiger partial charge in [0, 0.05) is 13.3 Å². The van der Waals surface area contributed by atoms with E-state index in [9.17, 15) is 23.2 Å². The van der Waals surface area contributed by atoms with E-state index < -0.39 is 48.7 Å². The fourth-order valence-electron chi connectivity index (χ4n) is 1.92. The van der Waals surface area contributed by atoms with Gasteiger partial charge < -0.3 is 16.0 Å². The van der Waals surface area contributed by atoms with E-state index in [1.54, 1.807) is 0 Å². The van der Waals surface area contributed by atoms with Crippen LogP contribution in [0.3, 0.4) is 0 Å². The number of likely N-dealkylation sites (tertiary alicyclic amines) is 1. The Bertz CT molecular complexity index is 402. The third-order valence-electron chi connectivity index (χ3n) is 2.67. The van der Waals surface area contributed by atoms with Crippen molar-refractivity contribution in [2.24, 2.45) is 5.73 Å². The van der Waals surface area contributed by atoms with Crippen molar-refractivity contribution in [1.82, 2.24) is 10.2 Å². The Labute approximate surface area is 123 Å². The van der Waals surface area contributed by atoms with Crippen LogP contribution in [0.4, 0.5) is 8.78 Å². The Balaban J connectivity index is 0.00000122. The fourth-order valence-corrected chi connectivity index (χ4v) is 1.92. The summed E-state index contributed by atoms with van der Waals surface area (Å²) in [6.45, 7) is 5.95. The summed E-state index contributed by atoms with van der Waals surface area (Å²) >= 11 is 0. The van der Waals surface area contributed by atoms with Gasteiger partial charge in [0.15, 0.2) is 0 Å². The molecule has 0 spiro atoms. The molecule has 122 valence electrons. The van der Waals surface area contributed by atoms with Gasteiger partial charge in [-0.2, -0.15) is 0 Å². The minimum atomic E-state index is -3.13. The van der Waals surface area contributed by atoms with Gasteiger partial charge in [0.2, 0.25) is 17.7 Å². The smallest absolute Gasteiger partial charge is 0.267 e. The zero-order chi connectivity index (χ0) is 16.8. The average molecular weight is 307 g/mol. The lowest BCUT2D eigenvalue weighted by Gasteiger charge is -2.25. The van der Waals surface area contributed by atoms with Crippen molar-refractivity contribution in [3.05, 3.63) is 0 Å². The summed E-state index contributed by atoms with van der Waals surface area (Å²) in [7, 11) is 0. The molecule has 0 saturated carbocycles. The lowest BCUT2D eigenvalue weighted by atomic mass is 10.1. The number of nitrogens with zero attached hydrogens (tertiary/aromatic N) is 1. The van der Waals surface area contributed by atoms with E-state index in [1.807, 2.05) is 0 Å². The monoisotopic (exact) mass is 307 g/mol. The van der Waals surface area contributed by atoms with Gasteiger partial charge in [0.1, 0.15) is 12.1 Å². The van der Waals surface area contributed by atoms with Gasteiger partial charge in [-0.3, -0.25) is 14.4 Å². The van der Waals surface area contributed by atoms with E-state index in [1.165, 1.54) is 20.3 Å². The van der Waals surface area contributed by atoms with Crippen LogP contribution in [0.1, 0.15) is 40.5 Å². The number of amides is 3. The zero-order valence-electron chi connectivity index (χ0n) is 12.8. The molecule has 0 aromatic rings. The molecule has 0 radical (unpaired) electrons. The molecule has 1 rings (SSSR count). The second-order valence-electron chi connectivity index (χ2n) is 5.07. The number of carbonyl (C=O) groups excluding carboxylic acids is 3. The molecular weight excluding hydrogens is 284 g/mol. The molecule has 1 aliphatic heterocycles. The molecule has 3 amide bonds. The lowest BCUT2D eigenvalue weighted by molar-refractivity contribution is -0.140. The zero-order valence-corrected chi connectivity index (χ0v) is 12.8. The maximum atomic E-state index is 13.2. The number of hydrogen-bond acceptors (Lipinski definition) is 3. The van der Waals surface area contributed by atoms with Crippen LogP contribution in [-0.2, 0) is 14.4 Å². The molecule has 6 nitrogen and oxygen atoms in total. The maximum absolute atomic E-state index is 13.2. The third kappa shape index (κ3) is 6.05. The van der Waals surface area contributed by atoms with Crippen molar-refractivity contribution in [2.75, 3.05) is 6.54 Å². The maximum Gasteiger partial charge on any atom is 0.267 e. The van der Waals surface area contributed by atoms with Crippen molar-refractivity contribution in [1.29, 1.82) is 0 Å². The number of nitrogens with one attached hydrogen (secondary N) is 1. The van der Waals surface area contributed by atoms with E-state index in [0.29, 0.717) is 0 Å². The highest BCUT2D eigenvalue weighted by Crippen LogP contribution is 2.32. The molecule has 8 heteroatoms. The van der Waals surface area contributed by atoms with Gasteiger partial charge in [0.05, 0.1) is 6.54 Å². The van der Waals surface area contributed by atoms with Crippen LogP contribution in [0, 0.1) is 0 Å². The summed E-state index contributed by atoms with van der Waals surface area (Å²) in [6, 6.07) is -2.30. The summed E-state index contributed by atoms with van der Waals surface area (Å²) < 4.78 is 26.4. The molecule has 1 fully saturated rings. The van der Waals surface area contributed by atoms with Gasteiger partial charge in [-0.25, -0.2) is 8.78 Å². The number of halogens is 2. The van der Waals surface area contributed by atoms with Crippen molar-refractivity contribution < 1.29 is 23.2 Å². The lowest BCUT2D eigenvalue weighted by Crippen LogP contribution is -2.51. The highest BCUT2D eigenvalue weighted by atomic mass is 19.3. The number of hydrogen-bond donors (Lipinski definition) is 2. The predicted octanol–water partition coefficient (Wildman–Crippen LogP) is 0.649. The summed E-state index contributed by atoms with van der Waals surface area (Å²) in [5.41, 5.74) is 4.99. The number of rotatable bonds is 3. The second-order valence-corrected chi connectivity index (χ2v) is 5.07. The number of alkyl halides is 2. The molecule has 2 atom stereocenters. The SMILES string of the molecule is CC(=O)N[C@@H](C)C(=O)N1CC(F)(F)C[C@H]1C(N)=O.CCC. The summed E-state index contributed by atoms with van der Waals surface area (Å²) in [6.07, 6.45) is 0.473. The minimum absolute atomic E-state index is 0.461. The van der Waals surface area contributed by atoms with Gasteiger partial charge >= 0.3 is 0 Å². The molecule has 1 heterocycles. The van der Waals surface area contributed by atoms with Crippen LogP contribution in [-0.4, -0.2) is 47.2 Å². The van der Waals surface area contributed by atoms with Crippen LogP contribution >= 0.6 is 0 Å². The Hall–Kier alpha value is -1.73. The largest absolute Gasteiger partial charge is 0.368 e. The highest BCUT2D eigenvalue weighted by Gasteiger charge is 2.50. The van der Waals surface area contributed by atoms with Crippen molar-refractivity contribution >= 4 is 17.7 Å². The topological polar surface area (TPSA) is 92.5 Å². The van der Waals surface area contributed by atoms with Crippen LogP contribution in [0.2, 0.25) is 0 Å². The minimum Gasteiger partial charge on any atom is -0.368 e. The molecule has 0 bridgehead atoms. The standard InChI is InChI=1S/C10H15F2N3O3.C3H8/c1-5(14-6(2)16)9(18)15-4-10(11,12)3-7(15)8(13)17;1-3-2/h5,7H,3-4H2,1-2H3,(H2,13,17)(H,14,16);3H2,1-2H3/t5-,7-;/m0./s1. The predicted molar refractivity (Wildman–Crippen MR) is 73.5 cm³/mol. The number of primary amides is 1. The van der Waals surface area contributed by atoms with Gasteiger partial charge in [-0.05, 0) is 6.92 Å². The van der Waals surface area contributed by atoms with Crippen LogP contribution in [0.25, 0.3) is 0 Å². The van der Waals surface area contributed by atoms with E-state index in [-0.39, 0.29) is 0 Å². The first-order valence-corrected chi connectivity index (χ1v) is 6.80. The Morgan fingerprint density at radius 1 is 1.38 bits per heavy atom. The molecular formula is C13H23F2N3O3. The summed E-state index contributed by atoms with van der Waals surface area (Å²) in [4.78, 5) is 34.4. The van der Waals surface area contributed by atoms with Crippen LogP contribution in [0.5, 0.6) is 0 Å². The summed E-state index contributed by atoms with van der Waals surface area (Å²) in [5, 5.41) is 2.28. The third-order valence-corrected chi connectivity index (χ3v) is 2.67. The van der Waals surface area contributed by atoms with Gasteiger partial charge in [-0.1, -0.05) is 20.3 Å². The molecule has 3 N–H and O–H groups in total. The average Bonchev–Trinajstić information content (AvgIpc) is 2.64. The first-order valence-electron chi connectivity index (χ1n) is 6.80. The van der Waals surface area contributed by atoms with Crippen molar-refractivity contribution in [3.63, 3.8) is 0 Å². The van der Waals surface area contributed by atoms with E-state index in [2.05, 4.69) is 19.2 Å².